The highest BCUT2D eigenvalue weighted by Gasteiger charge is 2.30. The van der Waals surface area contributed by atoms with Crippen molar-refractivity contribution in [3.8, 4) is 0 Å². The smallest absolute Gasteiger partial charge is 0.321 e. The number of nitro groups is 1. The molecule has 2 rings (SSSR count). The molecular weight excluding hydrogens is 245 g/mol. The molecule has 0 heterocycles. The zero-order valence-corrected chi connectivity index (χ0v) is 9.37. The Morgan fingerprint density at radius 1 is 1.12 bits per heavy atom. The summed E-state index contributed by atoms with van der Waals surface area (Å²) in [6.07, 6.45) is 0. The third kappa shape index (κ3) is 2.06. The number of rotatable bonds is 2. The zero-order chi connectivity index (χ0) is 12.6. The summed E-state index contributed by atoms with van der Waals surface area (Å²) in [7, 11) is -4.70. The van der Waals surface area contributed by atoms with Gasteiger partial charge >= 0.3 is 7.60 Å². The fourth-order valence-electron chi connectivity index (χ4n) is 1.70. The predicted octanol–water partition coefficient (Wildman–Crippen LogP) is 1.55. The molecule has 7 heteroatoms. The van der Waals surface area contributed by atoms with Gasteiger partial charge in [-0.1, -0.05) is 24.3 Å². The molecule has 2 aromatic carbocycles. The minimum absolute atomic E-state index is 0.204. The normalized spacial score (nSPS) is 11.6. The number of hydrogen-bond donors (Lipinski definition) is 2. The molecule has 0 atom stereocenters. The van der Waals surface area contributed by atoms with E-state index in [9.17, 15) is 24.5 Å². The Labute approximate surface area is 95.8 Å². The number of nitro benzene ring substituents is 1. The van der Waals surface area contributed by atoms with Crippen LogP contribution in [0.4, 0.5) is 5.69 Å². The Hall–Kier alpha value is -1.75. The third-order valence-corrected chi connectivity index (χ3v) is 3.42. The fraction of sp³-hybridized carbons (Fsp3) is 0. The molecule has 0 amide bonds. The van der Waals surface area contributed by atoms with Gasteiger partial charge in [0.2, 0.25) is 0 Å². The van der Waals surface area contributed by atoms with Crippen LogP contribution in [0.25, 0.3) is 10.8 Å². The van der Waals surface area contributed by atoms with E-state index in [2.05, 4.69) is 0 Å². The summed E-state index contributed by atoms with van der Waals surface area (Å²) in [5.74, 6) is 0. The van der Waals surface area contributed by atoms with Crippen molar-refractivity contribution in [2.45, 2.75) is 0 Å². The van der Waals surface area contributed by atoms with Crippen LogP contribution in [0.2, 0.25) is 0 Å². The minimum Gasteiger partial charge on any atom is -0.321 e. The average Bonchev–Trinajstić information content (AvgIpc) is 2.26. The first-order valence-electron chi connectivity index (χ1n) is 4.63. The maximum absolute atomic E-state index is 11.4. The monoisotopic (exact) mass is 253 g/mol. The molecule has 0 aliphatic heterocycles. The summed E-state index contributed by atoms with van der Waals surface area (Å²) in [5, 5.41) is 11.0. The Morgan fingerprint density at radius 2 is 1.76 bits per heavy atom. The summed E-state index contributed by atoms with van der Waals surface area (Å²) >= 11 is 0. The number of benzene rings is 2. The van der Waals surface area contributed by atoms with Gasteiger partial charge in [0.15, 0.2) is 0 Å². The van der Waals surface area contributed by atoms with E-state index < -0.39 is 23.5 Å². The quantitative estimate of drug-likeness (QED) is 0.480. The summed E-state index contributed by atoms with van der Waals surface area (Å²) < 4.78 is 11.4. The maximum atomic E-state index is 11.4. The summed E-state index contributed by atoms with van der Waals surface area (Å²) in [5.41, 5.74) is -0.558. The number of nitrogens with zero attached hydrogens (tertiary/aromatic N) is 1. The van der Waals surface area contributed by atoms with Gasteiger partial charge in [-0.15, -0.1) is 0 Å². The van der Waals surface area contributed by atoms with Crippen LogP contribution in [0.3, 0.4) is 0 Å². The van der Waals surface area contributed by atoms with E-state index in [-0.39, 0.29) is 5.39 Å². The molecule has 0 saturated carbocycles. The highest BCUT2D eigenvalue weighted by Crippen LogP contribution is 2.40. The molecule has 0 spiro atoms. The van der Waals surface area contributed by atoms with E-state index in [1.165, 1.54) is 12.1 Å². The van der Waals surface area contributed by atoms with E-state index >= 15 is 0 Å². The molecule has 0 saturated heterocycles. The summed E-state index contributed by atoms with van der Waals surface area (Å²) in [4.78, 5) is 28.4. The van der Waals surface area contributed by atoms with Crippen LogP contribution >= 0.6 is 7.60 Å². The zero-order valence-electron chi connectivity index (χ0n) is 8.48. The SMILES string of the molecule is O=[N+]([O-])c1ccc2ccccc2c1P(=O)(O)O. The highest BCUT2D eigenvalue weighted by atomic mass is 31.2. The van der Waals surface area contributed by atoms with Crippen molar-refractivity contribution < 1.29 is 19.3 Å². The van der Waals surface area contributed by atoms with Gasteiger partial charge in [-0.3, -0.25) is 14.7 Å². The molecule has 0 aliphatic rings. The van der Waals surface area contributed by atoms with Crippen molar-refractivity contribution in [1.29, 1.82) is 0 Å². The van der Waals surface area contributed by atoms with Gasteiger partial charge in [-0.25, -0.2) is 0 Å². The number of hydrogen-bond acceptors (Lipinski definition) is 3. The molecule has 2 N–H and O–H groups in total. The predicted molar refractivity (Wildman–Crippen MR) is 62.3 cm³/mol. The Morgan fingerprint density at radius 3 is 2.35 bits per heavy atom. The molecule has 17 heavy (non-hydrogen) atoms. The van der Waals surface area contributed by atoms with Gasteiger partial charge in [0.05, 0.1) is 4.92 Å². The molecule has 2 aromatic rings. The second-order valence-corrected chi connectivity index (χ2v) is 4.99. The van der Waals surface area contributed by atoms with Crippen molar-refractivity contribution in [3.05, 3.63) is 46.5 Å². The van der Waals surface area contributed by atoms with Crippen LogP contribution in [0.5, 0.6) is 0 Å². The van der Waals surface area contributed by atoms with E-state index in [1.807, 2.05) is 0 Å². The lowest BCUT2D eigenvalue weighted by atomic mass is 10.1. The van der Waals surface area contributed by atoms with Crippen LogP contribution in [0, 0.1) is 10.1 Å². The first kappa shape index (κ1) is 11.7. The fourth-order valence-corrected chi connectivity index (χ4v) is 2.67. The lowest BCUT2D eigenvalue weighted by molar-refractivity contribution is -0.383. The highest BCUT2D eigenvalue weighted by molar-refractivity contribution is 7.61. The molecule has 88 valence electrons. The lowest BCUT2D eigenvalue weighted by Gasteiger charge is -2.08. The Kier molecular flexibility index (Phi) is 2.71. The van der Waals surface area contributed by atoms with E-state index in [1.54, 1.807) is 18.2 Å². The van der Waals surface area contributed by atoms with Gasteiger partial charge in [-0.05, 0) is 11.5 Å². The van der Waals surface area contributed by atoms with Gasteiger partial charge < -0.3 is 9.79 Å². The molecule has 0 aliphatic carbocycles. The molecule has 0 aromatic heterocycles. The van der Waals surface area contributed by atoms with Gasteiger partial charge in [0, 0.05) is 11.5 Å². The first-order valence-corrected chi connectivity index (χ1v) is 6.25. The van der Waals surface area contributed by atoms with Crippen molar-refractivity contribution in [2.24, 2.45) is 0 Å². The van der Waals surface area contributed by atoms with E-state index in [0.29, 0.717) is 5.39 Å². The second-order valence-electron chi connectivity index (χ2n) is 3.46. The minimum atomic E-state index is -4.70. The third-order valence-electron chi connectivity index (χ3n) is 2.37. The maximum Gasteiger partial charge on any atom is 0.363 e. The van der Waals surface area contributed by atoms with Crippen molar-refractivity contribution in [2.75, 3.05) is 0 Å². The summed E-state index contributed by atoms with van der Waals surface area (Å²) in [6, 6.07) is 8.93. The Bertz CT molecular complexity index is 648. The van der Waals surface area contributed by atoms with Gasteiger partial charge in [-0.2, -0.15) is 0 Å². The van der Waals surface area contributed by atoms with Crippen molar-refractivity contribution in [1.82, 2.24) is 0 Å². The largest absolute Gasteiger partial charge is 0.363 e. The van der Waals surface area contributed by atoms with E-state index in [4.69, 9.17) is 0 Å². The molecule has 0 unspecified atom stereocenters. The number of fused-ring (bicyclic) bond motifs is 1. The topological polar surface area (TPSA) is 101 Å². The lowest BCUT2D eigenvalue weighted by Crippen LogP contribution is -2.11. The molecule has 6 nitrogen and oxygen atoms in total. The average molecular weight is 253 g/mol. The second kappa shape index (κ2) is 3.92. The molecule has 0 bridgehead atoms. The van der Waals surface area contributed by atoms with E-state index in [0.717, 1.165) is 6.07 Å². The summed E-state index contributed by atoms with van der Waals surface area (Å²) in [6.45, 7) is 0. The van der Waals surface area contributed by atoms with Crippen LogP contribution in [-0.4, -0.2) is 14.7 Å². The molecule has 0 fully saturated rings. The van der Waals surface area contributed by atoms with Crippen LogP contribution in [0.15, 0.2) is 36.4 Å². The standard InChI is InChI=1S/C10H8NO5P/c12-11(13)9-6-5-7-3-1-2-4-8(7)10(9)17(14,15)16/h1-6H,(H2,14,15,16). The van der Waals surface area contributed by atoms with Gasteiger partial charge in [0.25, 0.3) is 5.69 Å². The van der Waals surface area contributed by atoms with Crippen LogP contribution in [-0.2, 0) is 4.57 Å². The Balaban J connectivity index is 2.95. The van der Waals surface area contributed by atoms with Gasteiger partial charge in [0.1, 0.15) is 5.30 Å². The van der Waals surface area contributed by atoms with Crippen LogP contribution in [0.1, 0.15) is 0 Å². The molecule has 0 radical (unpaired) electrons. The van der Waals surface area contributed by atoms with Crippen molar-refractivity contribution >= 4 is 29.4 Å². The first-order chi connectivity index (χ1) is 7.91. The van der Waals surface area contributed by atoms with Crippen molar-refractivity contribution in [3.63, 3.8) is 0 Å². The van der Waals surface area contributed by atoms with Crippen LogP contribution < -0.4 is 5.30 Å². The molecular formula is C10H8NO5P.